The van der Waals surface area contributed by atoms with Gasteiger partial charge in [0.15, 0.2) is 0 Å². The Balaban J connectivity index is 1.93. The zero-order chi connectivity index (χ0) is 17.1. The van der Waals surface area contributed by atoms with Crippen molar-refractivity contribution >= 4 is 22.4 Å². The highest BCUT2D eigenvalue weighted by Gasteiger charge is 2.07. The molecule has 0 amide bonds. The van der Waals surface area contributed by atoms with Gasteiger partial charge in [-0.1, -0.05) is 84.4 Å². The number of hydrogen-bond acceptors (Lipinski definition) is 1. The zero-order valence-electron chi connectivity index (χ0n) is 14.2. The van der Waals surface area contributed by atoms with E-state index < -0.39 is 0 Å². The number of hydrogen-bond donors (Lipinski definition) is 0. The van der Waals surface area contributed by atoms with Crippen LogP contribution in [-0.4, -0.2) is 4.98 Å². The van der Waals surface area contributed by atoms with Gasteiger partial charge in [-0.05, 0) is 41.2 Å². The molecule has 0 saturated heterocycles. The predicted molar refractivity (Wildman–Crippen MR) is 106 cm³/mol. The fourth-order valence-electron chi connectivity index (χ4n) is 3.08. The Hall–Kier alpha value is -3.19. The minimum Gasteiger partial charge on any atom is -0.256 e. The number of rotatable bonds is 3. The molecule has 0 saturated carbocycles. The van der Waals surface area contributed by atoms with Gasteiger partial charge in [0.2, 0.25) is 0 Å². The lowest BCUT2D eigenvalue weighted by molar-refractivity contribution is 1.33. The van der Waals surface area contributed by atoms with E-state index in [1.165, 1.54) is 33.0 Å². The fraction of sp³-hybridized carbons (Fsp3) is 0.0417. The Kier molecular flexibility index (Phi) is 4.14. The molecule has 0 N–H and O–H groups in total. The SMILES string of the molecule is Cc1ccc(/C(=C/c2nccc3ccccc23)c2ccccc2)cc1. The first kappa shape index (κ1) is 15.3. The van der Waals surface area contributed by atoms with Crippen molar-refractivity contribution in [3.63, 3.8) is 0 Å². The van der Waals surface area contributed by atoms with Crippen LogP contribution in [0.1, 0.15) is 22.4 Å². The fourth-order valence-corrected chi connectivity index (χ4v) is 3.08. The monoisotopic (exact) mass is 321 g/mol. The Morgan fingerprint density at radius 1 is 0.720 bits per heavy atom. The highest BCUT2D eigenvalue weighted by atomic mass is 14.7. The molecule has 0 fully saturated rings. The van der Waals surface area contributed by atoms with E-state index in [-0.39, 0.29) is 0 Å². The number of nitrogens with zero attached hydrogens (tertiary/aromatic N) is 1. The largest absolute Gasteiger partial charge is 0.256 e. The predicted octanol–water partition coefficient (Wildman–Crippen LogP) is 6.13. The summed E-state index contributed by atoms with van der Waals surface area (Å²) in [5.41, 5.74) is 5.84. The smallest absolute Gasteiger partial charge is 0.0714 e. The lowest BCUT2D eigenvalue weighted by Crippen LogP contribution is -1.91. The minimum atomic E-state index is 0.998. The molecule has 0 aliphatic heterocycles. The van der Waals surface area contributed by atoms with E-state index in [1.807, 2.05) is 12.3 Å². The van der Waals surface area contributed by atoms with Crippen LogP contribution in [0.5, 0.6) is 0 Å². The van der Waals surface area contributed by atoms with Crippen LogP contribution in [0.2, 0.25) is 0 Å². The molecule has 1 heterocycles. The van der Waals surface area contributed by atoms with Crippen molar-refractivity contribution in [1.29, 1.82) is 0 Å². The lowest BCUT2D eigenvalue weighted by atomic mass is 9.95. The summed E-state index contributed by atoms with van der Waals surface area (Å²) in [6.07, 6.45) is 4.08. The highest BCUT2D eigenvalue weighted by molar-refractivity contribution is 5.97. The maximum absolute atomic E-state index is 4.64. The molecule has 3 aromatic carbocycles. The van der Waals surface area contributed by atoms with E-state index in [4.69, 9.17) is 0 Å². The van der Waals surface area contributed by atoms with Gasteiger partial charge in [0.1, 0.15) is 0 Å². The molecule has 1 heteroatoms. The van der Waals surface area contributed by atoms with Crippen LogP contribution in [0.15, 0.2) is 91.1 Å². The molecular weight excluding hydrogens is 302 g/mol. The van der Waals surface area contributed by atoms with Crippen LogP contribution >= 0.6 is 0 Å². The summed E-state index contributed by atoms with van der Waals surface area (Å²) in [6.45, 7) is 2.11. The maximum atomic E-state index is 4.64. The third-order valence-corrected chi connectivity index (χ3v) is 4.43. The molecule has 4 aromatic rings. The van der Waals surface area contributed by atoms with Crippen molar-refractivity contribution in [2.45, 2.75) is 6.92 Å². The molecule has 0 radical (unpaired) electrons. The Morgan fingerprint density at radius 2 is 1.40 bits per heavy atom. The van der Waals surface area contributed by atoms with Gasteiger partial charge in [0.05, 0.1) is 5.69 Å². The van der Waals surface area contributed by atoms with E-state index in [9.17, 15) is 0 Å². The van der Waals surface area contributed by atoms with Crippen molar-refractivity contribution in [3.8, 4) is 0 Å². The molecule has 0 unspecified atom stereocenters. The van der Waals surface area contributed by atoms with Crippen molar-refractivity contribution in [1.82, 2.24) is 4.98 Å². The van der Waals surface area contributed by atoms with Gasteiger partial charge < -0.3 is 0 Å². The van der Waals surface area contributed by atoms with Crippen molar-refractivity contribution in [2.24, 2.45) is 0 Å². The summed E-state index contributed by atoms with van der Waals surface area (Å²) in [5.74, 6) is 0. The van der Waals surface area contributed by atoms with Gasteiger partial charge in [-0.2, -0.15) is 0 Å². The highest BCUT2D eigenvalue weighted by Crippen LogP contribution is 2.28. The number of aromatic nitrogens is 1. The van der Waals surface area contributed by atoms with Crippen LogP contribution in [0.25, 0.3) is 22.4 Å². The van der Waals surface area contributed by atoms with Crippen LogP contribution < -0.4 is 0 Å². The third-order valence-electron chi connectivity index (χ3n) is 4.43. The van der Waals surface area contributed by atoms with Crippen molar-refractivity contribution in [2.75, 3.05) is 0 Å². The van der Waals surface area contributed by atoms with Crippen LogP contribution in [0.4, 0.5) is 0 Å². The Labute approximate surface area is 148 Å². The average Bonchev–Trinajstić information content (AvgIpc) is 2.68. The first-order chi connectivity index (χ1) is 12.3. The lowest BCUT2D eigenvalue weighted by Gasteiger charge is -2.10. The first-order valence-electron chi connectivity index (χ1n) is 8.49. The van der Waals surface area contributed by atoms with Crippen LogP contribution in [-0.2, 0) is 0 Å². The summed E-state index contributed by atoms with van der Waals surface area (Å²) >= 11 is 0. The summed E-state index contributed by atoms with van der Waals surface area (Å²) in [5, 5.41) is 2.38. The van der Waals surface area contributed by atoms with E-state index in [1.54, 1.807) is 0 Å². The van der Waals surface area contributed by atoms with Crippen molar-refractivity contribution in [3.05, 3.63) is 114 Å². The average molecular weight is 321 g/mol. The Morgan fingerprint density at radius 3 is 2.20 bits per heavy atom. The van der Waals surface area contributed by atoms with Gasteiger partial charge in [0, 0.05) is 11.6 Å². The molecule has 4 rings (SSSR count). The third kappa shape index (κ3) is 3.22. The Bertz CT molecular complexity index is 1020. The number of fused-ring (bicyclic) bond motifs is 1. The minimum absolute atomic E-state index is 0.998. The number of aryl methyl sites for hydroxylation is 1. The molecule has 1 aromatic heterocycles. The van der Waals surface area contributed by atoms with E-state index >= 15 is 0 Å². The first-order valence-corrected chi connectivity index (χ1v) is 8.49. The molecule has 0 aliphatic carbocycles. The second-order valence-corrected chi connectivity index (χ2v) is 6.21. The van der Waals surface area contributed by atoms with Crippen molar-refractivity contribution < 1.29 is 0 Å². The zero-order valence-corrected chi connectivity index (χ0v) is 14.2. The quantitative estimate of drug-likeness (QED) is 0.442. The van der Waals surface area contributed by atoms with Gasteiger partial charge in [-0.3, -0.25) is 4.98 Å². The second kappa shape index (κ2) is 6.74. The van der Waals surface area contributed by atoms with Gasteiger partial charge >= 0.3 is 0 Å². The normalized spacial score (nSPS) is 11.6. The summed E-state index contributed by atoms with van der Waals surface area (Å²) in [7, 11) is 0. The molecule has 0 atom stereocenters. The molecule has 120 valence electrons. The van der Waals surface area contributed by atoms with Gasteiger partial charge in [-0.15, -0.1) is 0 Å². The van der Waals surface area contributed by atoms with Gasteiger partial charge in [-0.25, -0.2) is 0 Å². The summed E-state index contributed by atoms with van der Waals surface area (Å²) in [4.78, 5) is 4.64. The number of benzene rings is 3. The molecule has 0 spiro atoms. The molecular formula is C24H19N. The van der Waals surface area contributed by atoms with Crippen LogP contribution in [0.3, 0.4) is 0 Å². The summed E-state index contributed by atoms with van der Waals surface area (Å²) < 4.78 is 0. The summed E-state index contributed by atoms with van der Waals surface area (Å²) in [6, 6.07) is 29.6. The second-order valence-electron chi connectivity index (χ2n) is 6.21. The van der Waals surface area contributed by atoms with Crippen LogP contribution in [0, 0.1) is 6.92 Å². The van der Waals surface area contributed by atoms with E-state index in [0.717, 1.165) is 5.69 Å². The van der Waals surface area contributed by atoms with E-state index in [2.05, 4.69) is 96.8 Å². The number of pyridine rings is 1. The topological polar surface area (TPSA) is 12.9 Å². The maximum Gasteiger partial charge on any atom is 0.0714 e. The van der Waals surface area contributed by atoms with Gasteiger partial charge in [0.25, 0.3) is 0 Å². The molecule has 0 bridgehead atoms. The molecule has 1 nitrogen and oxygen atoms in total. The standard InChI is InChI=1S/C24H19N/c1-18-11-13-21(14-12-18)23(19-7-3-2-4-8-19)17-24-22-10-6-5-9-20(22)15-16-25-24/h2-17H,1H3/b23-17+. The molecule has 0 aliphatic rings. The van der Waals surface area contributed by atoms with E-state index in [0.29, 0.717) is 0 Å². The molecule has 25 heavy (non-hydrogen) atoms.